The van der Waals surface area contributed by atoms with Gasteiger partial charge in [-0.05, 0) is 257 Å². The lowest BCUT2D eigenvalue weighted by molar-refractivity contribution is -0.119. The number of aromatic nitrogens is 12. The number of hydrogen-bond acceptors (Lipinski definition) is 17. The Labute approximate surface area is 732 Å². The normalized spacial score (nSPS) is 14.5. The van der Waals surface area contributed by atoms with Gasteiger partial charge < -0.3 is 48.9 Å². The number of pyridine rings is 4. The van der Waals surface area contributed by atoms with E-state index in [2.05, 4.69) is 86.7 Å². The Hall–Kier alpha value is -14.7. The van der Waals surface area contributed by atoms with Crippen LogP contribution in [0.25, 0.3) is 88.6 Å². The first-order valence-electron chi connectivity index (χ1n) is 41.8. The molecule has 4 fully saturated rings. The number of nitrogens with one attached hydrogen (secondary N) is 4. The molecule has 0 saturated heterocycles. The Bertz CT molecular complexity index is 6990. The number of benzene rings is 8. The second-order valence-electron chi connectivity index (χ2n) is 33.6. The van der Waals surface area contributed by atoms with Gasteiger partial charge in [0.1, 0.15) is 11.6 Å². The van der Waals surface area contributed by atoms with Crippen molar-refractivity contribution in [1.29, 1.82) is 0 Å². The summed E-state index contributed by atoms with van der Waals surface area (Å²) in [6.07, 6.45) is 6.43. The summed E-state index contributed by atoms with van der Waals surface area (Å²) in [6.45, 7) is 11.8. The molecule has 4 aliphatic rings. The number of carbonyl (C=O) groups excluding carboxylic acids is 4. The van der Waals surface area contributed by atoms with Crippen LogP contribution in [0.4, 0.5) is 50.4 Å². The van der Waals surface area contributed by atoms with Gasteiger partial charge in [-0.2, -0.15) is 20.4 Å². The number of fused-ring (bicyclic) bond motifs is 4. The number of amides is 4. The van der Waals surface area contributed by atoms with Crippen LogP contribution in [-0.2, 0) is 69.0 Å². The van der Waals surface area contributed by atoms with E-state index in [4.69, 9.17) is 39.3 Å². The molecule has 636 valence electrons. The molecule has 0 radical (unpaired) electrons. The van der Waals surface area contributed by atoms with Crippen LogP contribution in [0.5, 0.6) is 5.75 Å². The Morgan fingerprint density at radius 1 is 0.357 bits per heavy atom. The third-order valence-electron chi connectivity index (χ3n) is 24.6. The van der Waals surface area contributed by atoms with Crippen molar-refractivity contribution in [2.24, 2.45) is 28.2 Å². The summed E-state index contributed by atoms with van der Waals surface area (Å²) < 4.78 is 26.4. The first-order valence-corrected chi connectivity index (χ1v) is 42.1. The van der Waals surface area contributed by atoms with E-state index < -0.39 is 21.7 Å². The van der Waals surface area contributed by atoms with E-state index in [1.807, 2.05) is 239 Å². The second-order valence-corrected chi connectivity index (χ2v) is 34.1. The molecule has 126 heavy (non-hydrogen) atoms. The highest BCUT2D eigenvalue weighted by Gasteiger charge is 2.55. The second kappa shape index (κ2) is 32.9. The number of nitrogens with two attached hydrogens (primary N) is 4. The highest BCUT2D eigenvalue weighted by atomic mass is 35.5. The SMILES string of the molecule is COc1ccc(C2(C(=O)Nc3ccc(-c4cc(C)nc5c4c(N)nn5C)cc3)CC2)cc1.Cc1cc(-c2ccc(NC(=O)C3(c4ccc(Cl)cc4)CC3)cc2)c2c(N)nn(C)c2n1.Cc1ccc(F)c(C2(C(=O)Nc3ccc(-c4cc(C)nc5c4c(N)nn5C)cc3)CC2)c1.Cc1cccc(C2(C(=O)Nc3ccc(-c4cc(C)nc5c4c(N)nn5C)cc3)CC2)c1. The van der Waals surface area contributed by atoms with E-state index in [1.54, 1.807) is 38.0 Å². The molecule has 16 aromatic rings. The van der Waals surface area contributed by atoms with E-state index in [1.165, 1.54) is 11.6 Å². The van der Waals surface area contributed by atoms with Gasteiger partial charge in [0.15, 0.2) is 45.9 Å². The van der Waals surface area contributed by atoms with Gasteiger partial charge in [0.25, 0.3) is 0 Å². The minimum Gasteiger partial charge on any atom is -0.497 e. The lowest BCUT2D eigenvalue weighted by Gasteiger charge is -2.17. The minimum absolute atomic E-state index is 0.0150. The molecular weight excluding hydrogens is 1600 g/mol. The van der Waals surface area contributed by atoms with Crippen LogP contribution >= 0.6 is 11.6 Å². The summed E-state index contributed by atoms with van der Waals surface area (Å²) in [6, 6.07) is 67.6. The molecule has 8 heterocycles. The number of rotatable bonds is 17. The fourth-order valence-electron chi connectivity index (χ4n) is 17.1. The molecule has 8 aromatic heterocycles. The Kier molecular flexibility index (Phi) is 21.8. The number of methoxy groups -OCH3 is 1. The number of halogens is 2. The molecule has 4 amide bonds. The van der Waals surface area contributed by atoms with Gasteiger partial charge in [0.2, 0.25) is 23.6 Å². The zero-order valence-electron chi connectivity index (χ0n) is 71.8. The molecule has 0 bridgehead atoms. The van der Waals surface area contributed by atoms with Crippen molar-refractivity contribution in [3.05, 3.63) is 279 Å². The zero-order chi connectivity index (χ0) is 88.6. The van der Waals surface area contributed by atoms with E-state index in [0.717, 1.165) is 195 Å². The van der Waals surface area contributed by atoms with E-state index in [-0.39, 0.29) is 29.4 Å². The van der Waals surface area contributed by atoms with Crippen LogP contribution in [0.15, 0.2) is 212 Å². The number of carbonyl (C=O) groups is 4. The highest BCUT2D eigenvalue weighted by Crippen LogP contribution is 2.54. The average molecular weight is 1700 g/mol. The summed E-state index contributed by atoms with van der Waals surface area (Å²) in [5.41, 5.74) is 45.6. The number of nitrogen functional groups attached to an aromatic ring is 4. The fourth-order valence-corrected chi connectivity index (χ4v) is 17.3. The van der Waals surface area contributed by atoms with Crippen molar-refractivity contribution in [1.82, 2.24) is 59.1 Å². The first kappa shape index (κ1) is 83.6. The van der Waals surface area contributed by atoms with Crippen LogP contribution in [0.2, 0.25) is 5.02 Å². The Balaban J connectivity index is 0.000000119. The van der Waals surface area contributed by atoms with Gasteiger partial charge >= 0.3 is 0 Å². The molecule has 27 heteroatoms. The zero-order valence-corrected chi connectivity index (χ0v) is 72.6. The highest BCUT2D eigenvalue weighted by molar-refractivity contribution is 6.30. The molecule has 8 aromatic carbocycles. The van der Waals surface area contributed by atoms with Crippen molar-refractivity contribution in [2.75, 3.05) is 51.3 Å². The summed E-state index contributed by atoms with van der Waals surface area (Å²) >= 11 is 6.00. The van der Waals surface area contributed by atoms with E-state index >= 15 is 0 Å². The first-order chi connectivity index (χ1) is 60.4. The van der Waals surface area contributed by atoms with Crippen molar-refractivity contribution in [2.45, 2.75) is 115 Å². The monoisotopic (exact) mass is 1700 g/mol. The molecule has 25 nitrogen and oxygen atoms in total. The molecule has 0 unspecified atom stereocenters. The number of anilines is 8. The topological polar surface area (TPSA) is 353 Å². The third-order valence-corrected chi connectivity index (χ3v) is 24.8. The quantitative estimate of drug-likeness (QED) is 0.0420. The summed E-state index contributed by atoms with van der Waals surface area (Å²) in [4.78, 5) is 70.5. The van der Waals surface area contributed by atoms with Crippen molar-refractivity contribution < 1.29 is 28.3 Å². The molecule has 20 rings (SSSR count). The predicted octanol–water partition coefficient (Wildman–Crippen LogP) is 18.2. The standard InChI is InChI=1S/C25H24FN5O.C25H25N5O2.C25H25N5O.C24H22ClN5O/c1-14-4-9-20(26)19(12-14)25(10-11-25)24(32)29-17-7-5-16(6-8-17)18-13-15(2)28-23-21(18)22(27)30-31(23)3;1-15-14-20(21-22(26)29-30(2)23(21)27-15)16-4-8-18(9-5-16)28-24(31)25(12-13-25)17-6-10-19(32-3)11-7-17;1-15-5-4-6-18(13-15)25(11-12-25)24(31)28-19-9-7-17(8-10-19)20-14-16(2)27-23-21(20)22(26)29-30(23)3;1-14-13-19(20-21(26)29-30(2)22(20)27-14)15-3-9-18(10-4-15)28-23(31)24(11-12-24)16-5-7-17(25)8-6-16/h4-9,12-13H,10-11H2,1-3H3,(H2,27,30)(H,29,32);4-11,14H,12-13H2,1-3H3,(H2,26,29)(H,28,31);4-10,13-14H,11-12H2,1-3H3,(H2,26,29)(H,28,31);3-10,13H,11-12H2,1-2H3,(H2,26,29)(H,28,31). The lowest BCUT2D eigenvalue weighted by Crippen LogP contribution is -2.28. The largest absolute Gasteiger partial charge is 0.497 e. The summed E-state index contributed by atoms with van der Waals surface area (Å²) in [7, 11) is 8.97. The molecule has 0 aliphatic heterocycles. The van der Waals surface area contributed by atoms with Gasteiger partial charge in [0, 0.05) is 84.3 Å². The van der Waals surface area contributed by atoms with Crippen LogP contribution < -0.4 is 48.9 Å². The molecule has 4 aliphatic carbocycles. The lowest BCUT2D eigenvalue weighted by atomic mass is 9.92. The maximum atomic E-state index is 14.4. The maximum absolute atomic E-state index is 14.4. The number of nitrogens with zero attached hydrogens (tertiary/aromatic N) is 12. The smallest absolute Gasteiger partial charge is 0.235 e. The molecule has 0 spiro atoms. The van der Waals surface area contributed by atoms with Gasteiger partial charge in [-0.25, -0.2) is 43.1 Å². The molecular formula is C99H96ClFN20O5. The van der Waals surface area contributed by atoms with Gasteiger partial charge in [-0.1, -0.05) is 132 Å². The van der Waals surface area contributed by atoms with Crippen molar-refractivity contribution >= 4 is 125 Å². The van der Waals surface area contributed by atoms with Gasteiger partial charge in [-0.15, -0.1) is 0 Å². The fraction of sp³-hybridized carbons (Fsp3) is 0.232. The summed E-state index contributed by atoms with van der Waals surface area (Å²) in [5.74, 6) is 2.19. The van der Waals surface area contributed by atoms with Crippen LogP contribution in [-0.4, -0.2) is 89.8 Å². The van der Waals surface area contributed by atoms with Crippen LogP contribution in [0.1, 0.15) is 108 Å². The average Bonchev–Trinajstić information content (AvgIpc) is 1.59. The third kappa shape index (κ3) is 16.1. The van der Waals surface area contributed by atoms with Gasteiger partial charge in [0.05, 0.1) is 50.3 Å². The van der Waals surface area contributed by atoms with E-state index in [9.17, 15) is 23.6 Å². The molecule has 4 saturated carbocycles. The van der Waals surface area contributed by atoms with Crippen LogP contribution in [0.3, 0.4) is 0 Å². The number of hydrogen-bond donors (Lipinski definition) is 8. The molecule has 12 N–H and O–H groups in total. The van der Waals surface area contributed by atoms with Crippen molar-refractivity contribution in [3.63, 3.8) is 0 Å². The minimum atomic E-state index is -0.784. The Morgan fingerprint density at radius 2 is 0.643 bits per heavy atom. The van der Waals surface area contributed by atoms with Crippen molar-refractivity contribution in [3.8, 4) is 50.3 Å². The summed E-state index contributed by atoms with van der Waals surface area (Å²) in [5, 5.41) is 33.5. The predicted molar refractivity (Wildman–Crippen MR) is 497 cm³/mol. The van der Waals surface area contributed by atoms with Gasteiger partial charge in [-0.3, -0.25) is 19.2 Å². The maximum Gasteiger partial charge on any atom is 0.235 e. The number of aryl methyl sites for hydroxylation is 10. The molecule has 0 atom stereocenters. The van der Waals surface area contributed by atoms with E-state index in [0.29, 0.717) is 52.4 Å². The van der Waals surface area contributed by atoms with Crippen LogP contribution in [0, 0.1) is 47.4 Å². The number of ether oxygens (including phenoxy) is 1. The Morgan fingerprint density at radius 3 is 0.937 bits per heavy atom.